The molecular weight excluding hydrogens is 288 g/mol. The van der Waals surface area contributed by atoms with E-state index in [9.17, 15) is 4.79 Å². The van der Waals surface area contributed by atoms with Gasteiger partial charge in [0.1, 0.15) is 12.4 Å². The Balaban J connectivity index is 1.69. The lowest BCUT2D eigenvalue weighted by Gasteiger charge is -2.10. The van der Waals surface area contributed by atoms with Gasteiger partial charge >= 0.3 is 6.03 Å². The molecule has 23 heavy (non-hydrogen) atoms. The Labute approximate surface area is 137 Å². The molecule has 0 bridgehead atoms. The van der Waals surface area contributed by atoms with Crippen molar-refractivity contribution in [1.82, 2.24) is 5.32 Å². The third-order valence-corrected chi connectivity index (χ3v) is 3.58. The maximum Gasteiger partial charge on any atom is 0.319 e. The molecule has 0 aromatic heterocycles. The molecule has 122 valence electrons. The van der Waals surface area contributed by atoms with Crippen molar-refractivity contribution in [3.63, 3.8) is 0 Å². The first-order valence-electron chi connectivity index (χ1n) is 8.06. The van der Waals surface area contributed by atoms with Gasteiger partial charge in [-0.1, -0.05) is 38.1 Å². The van der Waals surface area contributed by atoms with Gasteiger partial charge in [-0.3, -0.25) is 0 Å². The van der Waals surface area contributed by atoms with Crippen molar-refractivity contribution < 1.29 is 9.53 Å². The Morgan fingerprint density at radius 2 is 1.74 bits per heavy atom. The van der Waals surface area contributed by atoms with Crippen molar-refractivity contribution in [1.29, 1.82) is 0 Å². The first-order chi connectivity index (χ1) is 11.2. The van der Waals surface area contributed by atoms with Gasteiger partial charge in [0.2, 0.25) is 0 Å². The summed E-state index contributed by atoms with van der Waals surface area (Å²) in [4.78, 5) is 11.8. The normalized spacial score (nSPS) is 10.2. The number of rotatable bonds is 7. The van der Waals surface area contributed by atoms with Gasteiger partial charge in [0, 0.05) is 5.69 Å². The van der Waals surface area contributed by atoms with Crippen LogP contribution in [0, 0.1) is 0 Å². The van der Waals surface area contributed by atoms with Crippen molar-refractivity contribution >= 4 is 11.7 Å². The average molecular weight is 312 g/mol. The summed E-state index contributed by atoms with van der Waals surface area (Å²) in [5, 5.41) is 5.59. The highest BCUT2D eigenvalue weighted by molar-refractivity contribution is 5.89. The molecular formula is C19H24N2O2. The minimum Gasteiger partial charge on any atom is -0.492 e. The first kappa shape index (κ1) is 16.9. The summed E-state index contributed by atoms with van der Waals surface area (Å²) in [5.74, 6) is 0.835. The van der Waals surface area contributed by atoms with Crippen LogP contribution in [-0.4, -0.2) is 19.2 Å². The number of aryl methyl sites for hydroxylation is 2. The van der Waals surface area contributed by atoms with E-state index in [4.69, 9.17) is 4.74 Å². The van der Waals surface area contributed by atoms with Crippen LogP contribution in [0.1, 0.15) is 25.0 Å². The topological polar surface area (TPSA) is 50.4 Å². The molecule has 2 amide bonds. The molecule has 2 aromatic carbocycles. The molecule has 0 atom stereocenters. The summed E-state index contributed by atoms with van der Waals surface area (Å²) in [7, 11) is 0. The van der Waals surface area contributed by atoms with Crippen molar-refractivity contribution in [3.8, 4) is 5.75 Å². The van der Waals surface area contributed by atoms with E-state index in [-0.39, 0.29) is 6.03 Å². The summed E-state index contributed by atoms with van der Waals surface area (Å²) in [5.41, 5.74) is 3.28. The number of carbonyl (C=O) groups is 1. The fourth-order valence-corrected chi connectivity index (χ4v) is 2.19. The van der Waals surface area contributed by atoms with Gasteiger partial charge in [0.05, 0.1) is 6.54 Å². The number of amides is 2. The average Bonchev–Trinajstić information content (AvgIpc) is 2.59. The van der Waals surface area contributed by atoms with Gasteiger partial charge in [0.15, 0.2) is 0 Å². The maximum atomic E-state index is 11.8. The summed E-state index contributed by atoms with van der Waals surface area (Å²) < 4.78 is 5.64. The minimum atomic E-state index is -0.222. The Morgan fingerprint density at radius 1 is 1.00 bits per heavy atom. The molecule has 0 spiro atoms. The highest BCUT2D eigenvalue weighted by Gasteiger charge is 2.01. The molecule has 2 aromatic rings. The molecule has 4 nitrogen and oxygen atoms in total. The second-order valence-electron chi connectivity index (χ2n) is 5.28. The van der Waals surface area contributed by atoms with Gasteiger partial charge in [-0.25, -0.2) is 4.79 Å². The molecule has 0 aliphatic heterocycles. The van der Waals surface area contributed by atoms with E-state index in [1.165, 1.54) is 11.1 Å². The number of hydrogen-bond acceptors (Lipinski definition) is 2. The predicted molar refractivity (Wildman–Crippen MR) is 94.2 cm³/mol. The van der Waals surface area contributed by atoms with E-state index < -0.39 is 0 Å². The molecule has 4 heteroatoms. The monoisotopic (exact) mass is 312 g/mol. The zero-order valence-corrected chi connectivity index (χ0v) is 13.8. The number of carbonyl (C=O) groups excluding carboxylic acids is 1. The summed E-state index contributed by atoms with van der Waals surface area (Å²) >= 11 is 0. The zero-order valence-electron chi connectivity index (χ0n) is 13.8. The molecule has 0 radical (unpaired) electrons. The molecule has 2 N–H and O–H groups in total. The van der Waals surface area contributed by atoms with Crippen LogP contribution < -0.4 is 15.4 Å². The van der Waals surface area contributed by atoms with Crippen LogP contribution in [0.25, 0.3) is 0 Å². The van der Waals surface area contributed by atoms with Crippen LogP contribution in [0.3, 0.4) is 0 Å². The number of anilines is 1. The molecule has 0 saturated heterocycles. The van der Waals surface area contributed by atoms with Crippen LogP contribution >= 0.6 is 0 Å². The molecule has 0 unspecified atom stereocenters. The fraction of sp³-hybridized carbons (Fsp3) is 0.316. The van der Waals surface area contributed by atoms with Gasteiger partial charge in [-0.15, -0.1) is 0 Å². The summed E-state index contributed by atoms with van der Waals surface area (Å²) in [6.45, 7) is 5.11. The predicted octanol–water partition coefficient (Wildman–Crippen LogP) is 4.01. The van der Waals surface area contributed by atoms with Crippen molar-refractivity contribution in [3.05, 3.63) is 59.7 Å². The molecule has 0 saturated carbocycles. The first-order valence-corrected chi connectivity index (χ1v) is 8.06. The lowest BCUT2D eigenvalue weighted by Crippen LogP contribution is -2.32. The fourth-order valence-electron chi connectivity index (χ4n) is 2.19. The van der Waals surface area contributed by atoms with E-state index >= 15 is 0 Å². The molecule has 0 aliphatic carbocycles. The van der Waals surface area contributed by atoms with Crippen LogP contribution in [0.4, 0.5) is 10.5 Å². The summed E-state index contributed by atoms with van der Waals surface area (Å²) in [6.07, 6.45) is 1.97. The Hall–Kier alpha value is -2.49. The quantitative estimate of drug-likeness (QED) is 0.759. The van der Waals surface area contributed by atoms with Crippen LogP contribution in [-0.2, 0) is 12.8 Å². The molecule has 0 fully saturated rings. The van der Waals surface area contributed by atoms with Crippen LogP contribution in [0.15, 0.2) is 48.5 Å². The lowest BCUT2D eigenvalue weighted by molar-refractivity contribution is 0.247. The van der Waals surface area contributed by atoms with E-state index in [2.05, 4.69) is 30.5 Å². The van der Waals surface area contributed by atoms with Gasteiger partial charge < -0.3 is 15.4 Å². The number of hydrogen-bond donors (Lipinski definition) is 2. The standard InChI is InChI=1S/C19H24N2O2/c1-3-15-8-10-17(11-9-15)21-19(22)20-12-13-23-18-7-5-6-16(4-2)14-18/h5-11,14H,3-4,12-13H2,1-2H3,(H2,20,21,22). The third kappa shape index (κ3) is 5.66. The van der Waals surface area contributed by atoms with Gasteiger partial charge in [0.25, 0.3) is 0 Å². The highest BCUT2D eigenvalue weighted by atomic mass is 16.5. The van der Waals surface area contributed by atoms with Crippen molar-refractivity contribution in [2.75, 3.05) is 18.5 Å². The van der Waals surface area contributed by atoms with Crippen molar-refractivity contribution in [2.24, 2.45) is 0 Å². The largest absolute Gasteiger partial charge is 0.492 e. The Bertz CT molecular complexity index is 624. The number of benzene rings is 2. The van der Waals surface area contributed by atoms with Crippen LogP contribution in [0.2, 0.25) is 0 Å². The number of ether oxygens (including phenoxy) is 1. The lowest BCUT2D eigenvalue weighted by atomic mass is 10.1. The highest BCUT2D eigenvalue weighted by Crippen LogP contribution is 2.13. The number of urea groups is 1. The third-order valence-electron chi connectivity index (χ3n) is 3.58. The van der Waals surface area contributed by atoms with Gasteiger partial charge in [-0.2, -0.15) is 0 Å². The maximum absolute atomic E-state index is 11.8. The Morgan fingerprint density at radius 3 is 2.43 bits per heavy atom. The van der Waals surface area contributed by atoms with E-state index in [0.29, 0.717) is 13.2 Å². The second-order valence-corrected chi connectivity index (χ2v) is 5.28. The zero-order chi connectivity index (χ0) is 16.5. The van der Waals surface area contributed by atoms with E-state index in [1.54, 1.807) is 0 Å². The summed E-state index contributed by atoms with van der Waals surface area (Å²) in [6, 6.07) is 15.6. The van der Waals surface area contributed by atoms with E-state index in [1.807, 2.05) is 42.5 Å². The second kappa shape index (κ2) is 8.83. The smallest absolute Gasteiger partial charge is 0.319 e. The molecule has 2 rings (SSSR count). The van der Waals surface area contributed by atoms with Crippen molar-refractivity contribution in [2.45, 2.75) is 26.7 Å². The minimum absolute atomic E-state index is 0.222. The number of nitrogens with one attached hydrogen (secondary N) is 2. The van der Waals surface area contributed by atoms with Gasteiger partial charge in [-0.05, 0) is 48.2 Å². The SMILES string of the molecule is CCc1ccc(NC(=O)NCCOc2cccc(CC)c2)cc1. The molecule has 0 aliphatic rings. The molecule has 0 heterocycles. The Kier molecular flexibility index (Phi) is 6.48. The van der Waals surface area contributed by atoms with E-state index in [0.717, 1.165) is 24.3 Å². The van der Waals surface area contributed by atoms with Crippen LogP contribution in [0.5, 0.6) is 5.75 Å².